The number of amides is 2. The summed E-state index contributed by atoms with van der Waals surface area (Å²) in [5.41, 5.74) is 1.05. The second-order valence-corrected chi connectivity index (χ2v) is 8.22. The van der Waals surface area contributed by atoms with Crippen LogP contribution in [0.5, 0.6) is 11.6 Å². The standard InChI is InChI=1S/C22H22FN7O3/c1-22(2,3)18-9-19(30(4)29-18)28-21(31)27-15-7-13(5-6-14(15)23)33-20-8-16(25-11-26-20)17-10-24-12-32-17/h5-12H,1-4H3,(H2,27,28,31). The number of hydrogen-bond acceptors (Lipinski definition) is 7. The summed E-state index contributed by atoms with van der Waals surface area (Å²) in [4.78, 5) is 24.5. The molecule has 0 radical (unpaired) electrons. The Morgan fingerprint density at radius 1 is 1.15 bits per heavy atom. The van der Waals surface area contributed by atoms with Gasteiger partial charge < -0.3 is 14.5 Å². The average Bonchev–Trinajstić information content (AvgIpc) is 3.41. The SMILES string of the molecule is Cn1nc(C(C)(C)C)cc1NC(=O)Nc1cc(Oc2cc(-c3cnco3)ncn2)ccc1F. The highest BCUT2D eigenvalue weighted by molar-refractivity contribution is 5.99. The Kier molecular flexibility index (Phi) is 5.78. The molecule has 0 saturated heterocycles. The highest BCUT2D eigenvalue weighted by atomic mass is 19.1. The average molecular weight is 451 g/mol. The predicted molar refractivity (Wildman–Crippen MR) is 119 cm³/mol. The van der Waals surface area contributed by atoms with Crippen LogP contribution in [0.15, 0.2) is 53.7 Å². The molecule has 0 fully saturated rings. The van der Waals surface area contributed by atoms with Crippen LogP contribution in [-0.2, 0) is 12.5 Å². The fourth-order valence-electron chi connectivity index (χ4n) is 2.88. The van der Waals surface area contributed by atoms with Gasteiger partial charge in [0.05, 0.1) is 17.6 Å². The Morgan fingerprint density at radius 3 is 2.67 bits per heavy atom. The molecule has 3 heterocycles. The molecule has 0 saturated carbocycles. The first-order valence-electron chi connectivity index (χ1n) is 10.00. The quantitative estimate of drug-likeness (QED) is 0.450. The lowest BCUT2D eigenvalue weighted by atomic mass is 9.92. The van der Waals surface area contributed by atoms with Gasteiger partial charge in [0.25, 0.3) is 0 Å². The van der Waals surface area contributed by atoms with Gasteiger partial charge in [-0.2, -0.15) is 5.10 Å². The van der Waals surface area contributed by atoms with E-state index in [-0.39, 0.29) is 22.7 Å². The summed E-state index contributed by atoms with van der Waals surface area (Å²) in [6.45, 7) is 6.06. The van der Waals surface area contributed by atoms with Gasteiger partial charge in [-0.3, -0.25) is 10.00 Å². The van der Waals surface area contributed by atoms with Crippen LogP contribution >= 0.6 is 0 Å². The van der Waals surface area contributed by atoms with E-state index in [1.807, 2.05) is 20.8 Å². The van der Waals surface area contributed by atoms with E-state index < -0.39 is 11.8 Å². The first-order chi connectivity index (χ1) is 15.7. The van der Waals surface area contributed by atoms with Crippen LogP contribution in [0.4, 0.5) is 20.7 Å². The number of carbonyl (C=O) groups is 1. The summed E-state index contributed by atoms with van der Waals surface area (Å²) in [5, 5.41) is 9.57. The first kappa shape index (κ1) is 21.9. The van der Waals surface area contributed by atoms with Crippen LogP contribution in [0.1, 0.15) is 26.5 Å². The van der Waals surface area contributed by atoms with Crippen LogP contribution < -0.4 is 15.4 Å². The molecule has 0 unspecified atom stereocenters. The van der Waals surface area contributed by atoms with E-state index in [9.17, 15) is 9.18 Å². The normalized spacial score (nSPS) is 11.3. The summed E-state index contributed by atoms with van der Waals surface area (Å²) in [5.74, 6) is 0.784. The van der Waals surface area contributed by atoms with Crippen LogP contribution in [0.3, 0.4) is 0 Å². The van der Waals surface area contributed by atoms with Crippen molar-refractivity contribution in [1.82, 2.24) is 24.7 Å². The summed E-state index contributed by atoms with van der Waals surface area (Å²) in [7, 11) is 1.72. The van der Waals surface area contributed by atoms with E-state index in [1.54, 1.807) is 23.9 Å². The predicted octanol–water partition coefficient (Wildman–Crippen LogP) is 4.74. The van der Waals surface area contributed by atoms with Gasteiger partial charge in [-0.05, 0) is 12.1 Å². The van der Waals surface area contributed by atoms with E-state index >= 15 is 0 Å². The number of urea groups is 1. The van der Waals surface area contributed by atoms with Crippen LogP contribution in [0, 0.1) is 5.82 Å². The maximum atomic E-state index is 14.3. The molecule has 0 atom stereocenters. The second kappa shape index (κ2) is 8.69. The lowest BCUT2D eigenvalue weighted by molar-refractivity contribution is 0.262. The van der Waals surface area contributed by atoms with Crippen molar-refractivity contribution in [3.05, 3.63) is 60.8 Å². The molecular weight excluding hydrogens is 429 g/mol. The number of carbonyl (C=O) groups excluding carboxylic acids is 1. The molecule has 0 spiro atoms. The van der Waals surface area contributed by atoms with Crippen molar-refractivity contribution in [2.45, 2.75) is 26.2 Å². The highest BCUT2D eigenvalue weighted by Crippen LogP contribution is 2.28. The summed E-state index contributed by atoms with van der Waals surface area (Å²) < 4.78 is 26.8. The van der Waals surface area contributed by atoms with Gasteiger partial charge in [0.15, 0.2) is 12.2 Å². The molecule has 10 nitrogen and oxygen atoms in total. The Labute approximate surface area is 188 Å². The summed E-state index contributed by atoms with van der Waals surface area (Å²) >= 11 is 0. The number of halogens is 1. The minimum Gasteiger partial charge on any atom is -0.442 e. The fraction of sp³-hybridized carbons (Fsp3) is 0.227. The highest BCUT2D eigenvalue weighted by Gasteiger charge is 2.20. The van der Waals surface area contributed by atoms with Crippen LogP contribution in [0.25, 0.3) is 11.5 Å². The van der Waals surface area contributed by atoms with Gasteiger partial charge >= 0.3 is 6.03 Å². The molecular formula is C22H22FN7O3. The summed E-state index contributed by atoms with van der Waals surface area (Å²) in [6, 6.07) is 6.67. The molecule has 4 aromatic rings. The van der Waals surface area contributed by atoms with E-state index in [0.717, 1.165) is 5.69 Å². The van der Waals surface area contributed by atoms with Gasteiger partial charge in [0.1, 0.15) is 29.4 Å². The number of aryl methyl sites for hydroxylation is 1. The summed E-state index contributed by atoms with van der Waals surface area (Å²) in [6.07, 6.45) is 4.11. The van der Waals surface area contributed by atoms with Crippen molar-refractivity contribution >= 4 is 17.5 Å². The molecule has 3 aromatic heterocycles. The number of aromatic nitrogens is 5. The monoisotopic (exact) mass is 451 g/mol. The zero-order valence-electron chi connectivity index (χ0n) is 18.5. The van der Waals surface area contributed by atoms with E-state index in [0.29, 0.717) is 17.3 Å². The topological polar surface area (TPSA) is 120 Å². The number of ether oxygens (including phenoxy) is 1. The Bertz CT molecular complexity index is 1280. The van der Waals surface area contributed by atoms with Crippen molar-refractivity contribution in [3.8, 4) is 23.1 Å². The molecule has 0 bridgehead atoms. The molecule has 1 aromatic carbocycles. The minimum atomic E-state index is -0.622. The minimum absolute atomic E-state index is 0.0623. The number of nitrogens with zero attached hydrogens (tertiary/aromatic N) is 5. The van der Waals surface area contributed by atoms with Gasteiger partial charge in [-0.15, -0.1) is 0 Å². The van der Waals surface area contributed by atoms with Gasteiger partial charge in [0.2, 0.25) is 5.88 Å². The van der Waals surface area contributed by atoms with Gasteiger partial charge in [-0.1, -0.05) is 20.8 Å². The zero-order valence-corrected chi connectivity index (χ0v) is 18.5. The Morgan fingerprint density at radius 2 is 1.97 bits per heavy atom. The molecule has 0 aliphatic rings. The number of nitrogens with one attached hydrogen (secondary N) is 2. The molecule has 2 N–H and O–H groups in total. The van der Waals surface area contributed by atoms with Gasteiger partial charge in [0, 0.05) is 30.7 Å². The third kappa shape index (κ3) is 5.14. The molecule has 2 amide bonds. The number of anilines is 2. The van der Waals surface area contributed by atoms with Gasteiger partial charge in [-0.25, -0.2) is 24.1 Å². The van der Waals surface area contributed by atoms with Crippen molar-refractivity contribution in [1.29, 1.82) is 0 Å². The van der Waals surface area contributed by atoms with Crippen molar-refractivity contribution in [2.24, 2.45) is 7.05 Å². The maximum absolute atomic E-state index is 14.3. The molecule has 0 aliphatic carbocycles. The third-order valence-electron chi connectivity index (χ3n) is 4.63. The Hall–Kier alpha value is -4.28. The number of oxazole rings is 1. The van der Waals surface area contributed by atoms with Crippen LogP contribution in [0.2, 0.25) is 0 Å². The molecule has 4 rings (SSSR count). The smallest absolute Gasteiger partial charge is 0.324 e. The number of benzene rings is 1. The van der Waals surface area contributed by atoms with Crippen molar-refractivity contribution in [2.75, 3.05) is 10.6 Å². The number of hydrogen-bond donors (Lipinski definition) is 2. The maximum Gasteiger partial charge on any atom is 0.324 e. The Balaban J connectivity index is 1.47. The largest absolute Gasteiger partial charge is 0.442 e. The second-order valence-electron chi connectivity index (χ2n) is 8.22. The first-order valence-corrected chi connectivity index (χ1v) is 10.00. The molecule has 33 heavy (non-hydrogen) atoms. The molecule has 11 heteroatoms. The zero-order chi connectivity index (χ0) is 23.6. The van der Waals surface area contributed by atoms with Crippen molar-refractivity contribution < 1.29 is 18.3 Å². The van der Waals surface area contributed by atoms with Crippen LogP contribution in [-0.4, -0.2) is 30.8 Å². The lowest BCUT2D eigenvalue weighted by Crippen LogP contribution is -2.21. The molecule has 170 valence electrons. The van der Waals surface area contributed by atoms with E-state index in [2.05, 4.69) is 30.7 Å². The van der Waals surface area contributed by atoms with E-state index in [1.165, 1.54) is 37.1 Å². The third-order valence-corrected chi connectivity index (χ3v) is 4.63. The number of rotatable bonds is 5. The molecule has 0 aliphatic heterocycles. The van der Waals surface area contributed by atoms with E-state index in [4.69, 9.17) is 9.15 Å². The lowest BCUT2D eigenvalue weighted by Gasteiger charge is -2.13. The van der Waals surface area contributed by atoms with Crippen molar-refractivity contribution in [3.63, 3.8) is 0 Å². The fourth-order valence-corrected chi connectivity index (χ4v) is 2.88.